The van der Waals surface area contributed by atoms with E-state index in [-0.39, 0.29) is 42.5 Å². The van der Waals surface area contributed by atoms with Gasteiger partial charge >= 0.3 is 0 Å². The number of carbonyl (C=O) groups excluding carboxylic acids is 2. The van der Waals surface area contributed by atoms with Gasteiger partial charge in [0.15, 0.2) is 0 Å². The Labute approximate surface area is 185 Å². The molecule has 3 rings (SSSR count). The number of amides is 2. The van der Waals surface area contributed by atoms with Crippen molar-refractivity contribution in [3.05, 3.63) is 23.9 Å². The van der Waals surface area contributed by atoms with Crippen LogP contribution in [-0.2, 0) is 4.79 Å². The zero-order valence-corrected chi connectivity index (χ0v) is 18.5. The molecule has 10 heteroatoms. The molecule has 29 heavy (non-hydrogen) atoms. The summed E-state index contributed by atoms with van der Waals surface area (Å²) in [5.74, 6) is 0.659. The minimum Gasteiger partial charge on any atom is -0.355 e. The highest BCUT2D eigenvalue weighted by Crippen LogP contribution is 2.21. The van der Waals surface area contributed by atoms with Crippen LogP contribution >= 0.6 is 24.8 Å². The number of piperidine rings is 1. The van der Waals surface area contributed by atoms with Crippen molar-refractivity contribution in [1.82, 2.24) is 20.1 Å². The number of likely N-dealkylation sites (tertiary alicyclic amines) is 1. The predicted molar refractivity (Wildman–Crippen MR) is 119 cm³/mol. The third-order valence-electron chi connectivity index (χ3n) is 5.34. The zero-order valence-electron chi connectivity index (χ0n) is 16.9. The number of rotatable bonds is 5. The molecule has 1 atom stereocenters. The summed E-state index contributed by atoms with van der Waals surface area (Å²) in [7, 11) is 2.11. The number of anilines is 1. The second kappa shape index (κ2) is 12.2. The van der Waals surface area contributed by atoms with Gasteiger partial charge < -0.3 is 25.8 Å². The molecule has 1 aromatic rings. The Balaban J connectivity index is 0.00000210. The Kier molecular flexibility index (Phi) is 10.7. The van der Waals surface area contributed by atoms with Crippen molar-refractivity contribution in [1.29, 1.82) is 0 Å². The van der Waals surface area contributed by atoms with Crippen LogP contribution in [0.4, 0.5) is 5.82 Å². The maximum atomic E-state index is 13.0. The zero-order chi connectivity index (χ0) is 19.2. The highest BCUT2D eigenvalue weighted by Gasteiger charge is 2.29. The molecule has 2 aliphatic rings. The van der Waals surface area contributed by atoms with Crippen LogP contribution in [0.5, 0.6) is 0 Å². The van der Waals surface area contributed by atoms with Crippen molar-refractivity contribution in [3.63, 3.8) is 0 Å². The number of nitrogens with one attached hydrogen (secondary N) is 1. The maximum Gasteiger partial charge on any atom is 0.254 e. The standard InChI is InChI=1S/C19H30N6O2.2ClH/c1-23-9-11-24(12-10-23)17-13-15(4-6-21-17)19(27)25-8-2-3-16(14-25)18(26)22-7-5-20;;/h4,6,13,16H,2-3,5,7-12,14,20H2,1H3,(H,22,26);2*1H. The van der Waals surface area contributed by atoms with Gasteiger partial charge in [0.1, 0.15) is 5.82 Å². The number of hydrogen-bond donors (Lipinski definition) is 2. The number of halogens is 2. The van der Waals surface area contributed by atoms with Gasteiger partial charge in [0, 0.05) is 64.1 Å². The molecule has 3 N–H and O–H groups in total. The van der Waals surface area contributed by atoms with Crippen LogP contribution in [0.1, 0.15) is 23.2 Å². The van der Waals surface area contributed by atoms with Gasteiger partial charge in [-0.05, 0) is 32.0 Å². The van der Waals surface area contributed by atoms with Gasteiger partial charge in [-0.25, -0.2) is 4.98 Å². The lowest BCUT2D eigenvalue weighted by Crippen LogP contribution is -2.46. The number of carbonyl (C=O) groups is 2. The SMILES string of the molecule is CN1CCN(c2cc(C(=O)N3CCCC(C(=O)NCCN)C3)ccn2)CC1.Cl.Cl. The molecule has 1 unspecified atom stereocenters. The first-order chi connectivity index (χ1) is 13.1. The van der Waals surface area contributed by atoms with E-state index in [1.165, 1.54) is 0 Å². The average Bonchev–Trinajstić information content (AvgIpc) is 2.72. The van der Waals surface area contributed by atoms with Gasteiger partial charge in [-0.2, -0.15) is 0 Å². The fourth-order valence-electron chi connectivity index (χ4n) is 3.66. The highest BCUT2D eigenvalue weighted by atomic mass is 35.5. The summed E-state index contributed by atoms with van der Waals surface area (Å²) in [4.78, 5) is 36.0. The first-order valence-electron chi connectivity index (χ1n) is 9.75. The van der Waals surface area contributed by atoms with Crippen LogP contribution in [0, 0.1) is 5.92 Å². The number of piperazine rings is 1. The molecule has 2 fully saturated rings. The molecule has 2 amide bonds. The van der Waals surface area contributed by atoms with Crippen LogP contribution in [-0.4, -0.2) is 86.0 Å². The van der Waals surface area contributed by atoms with Gasteiger partial charge in [-0.1, -0.05) is 0 Å². The van der Waals surface area contributed by atoms with E-state index in [0.717, 1.165) is 44.8 Å². The Hall–Kier alpha value is -1.61. The summed E-state index contributed by atoms with van der Waals surface area (Å²) < 4.78 is 0. The van der Waals surface area contributed by atoms with Crippen molar-refractivity contribution in [2.45, 2.75) is 12.8 Å². The molecule has 3 heterocycles. The molecular formula is C19H32Cl2N6O2. The van der Waals surface area contributed by atoms with E-state index in [1.807, 2.05) is 6.07 Å². The van der Waals surface area contributed by atoms with Gasteiger partial charge in [0.2, 0.25) is 5.91 Å². The summed E-state index contributed by atoms with van der Waals surface area (Å²) in [6.45, 7) is 5.85. The average molecular weight is 447 g/mol. The number of likely N-dealkylation sites (N-methyl/N-ethyl adjacent to an activating group) is 1. The van der Waals surface area contributed by atoms with E-state index in [4.69, 9.17) is 5.73 Å². The summed E-state index contributed by atoms with van der Waals surface area (Å²) in [5, 5.41) is 2.83. The quantitative estimate of drug-likeness (QED) is 0.687. The Bertz CT molecular complexity index is 670. The van der Waals surface area contributed by atoms with Crippen molar-refractivity contribution in [3.8, 4) is 0 Å². The third-order valence-corrected chi connectivity index (χ3v) is 5.34. The Morgan fingerprint density at radius 1 is 1.21 bits per heavy atom. The molecule has 0 aliphatic carbocycles. The first kappa shape index (κ1) is 25.4. The van der Waals surface area contributed by atoms with E-state index in [9.17, 15) is 9.59 Å². The number of aromatic nitrogens is 1. The van der Waals surface area contributed by atoms with Gasteiger partial charge in [-0.3, -0.25) is 9.59 Å². The smallest absolute Gasteiger partial charge is 0.254 e. The fraction of sp³-hybridized carbons (Fsp3) is 0.632. The summed E-state index contributed by atoms with van der Waals surface area (Å²) >= 11 is 0. The van der Waals surface area contributed by atoms with E-state index < -0.39 is 0 Å². The van der Waals surface area contributed by atoms with Crippen molar-refractivity contribution in [2.75, 3.05) is 64.3 Å². The van der Waals surface area contributed by atoms with Crippen LogP contribution in [0.25, 0.3) is 0 Å². The van der Waals surface area contributed by atoms with Crippen LogP contribution in [0.15, 0.2) is 18.3 Å². The first-order valence-corrected chi connectivity index (χ1v) is 9.75. The van der Waals surface area contributed by atoms with Crippen molar-refractivity contribution < 1.29 is 9.59 Å². The Morgan fingerprint density at radius 2 is 1.93 bits per heavy atom. The van der Waals surface area contributed by atoms with Crippen molar-refractivity contribution >= 4 is 42.4 Å². The molecular weight excluding hydrogens is 415 g/mol. The maximum absolute atomic E-state index is 13.0. The monoisotopic (exact) mass is 446 g/mol. The molecule has 0 aromatic carbocycles. The summed E-state index contributed by atoms with van der Waals surface area (Å²) in [5.41, 5.74) is 6.09. The molecule has 0 saturated carbocycles. The van der Waals surface area contributed by atoms with Gasteiger partial charge in [0.25, 0.3) is 5.91 Å². The van der Waals surface area contributed by atoms with E-state index in [2.05, 4.69) is 27.1 Å². The lowest BCUT2D eigenvalue weighted by atomic mass is 9.96. The Morgan fingerprint density at radius 3 is 2.62 bits per heavy atom. The number of hydrogen-bond acceptors (Lipinski definition) is 6. The molecule has 2 aliphatic heterocycles. The predicted octanol–water partition coefficient (Wildman–Crippen LogP) is 0.604. The molecule has 2 saturated heterocycles. The molecule has 0 spiro atoms. The van der Waals surface area contributed by atoms with Crippen LogP contribution in [0.3, 0.4) is 0 Å². The normalized spacial score (nSPS) is 19.7. The van der Waals surface area contributed by atoms with Crippen molar-refractivity contribution in [2.24, 2.45) is 11.7 Å². The third kappa shape index (κ3) is 6.70. The van der Waals surface area contributed by atoms with E-state index in [0.29, 0.717) is 31.7 Å². The lowest BCUT2D eigenvalue weighted by molar-refractivity contribution is -0.126. The summed E-state index contributed by atoms with van der Waals surface area (Å²) in [6, 6.07) is 3.64. The highest BCUT2D eigenvalue weighted by molar-refractivity contribution is 5.95. The number of pyridine rings is 1. The lowest BCUT2D eigenvalue weighted by Gasteiger charge is -2.34. The minimum absolute atomic E-state index is 0. The molecule has 164 valence electrons. The van der Waals surface area contributed by atoms with Gasteiger partial charge in [0.05, 0.1) is 5.92 Å². The molecule has 8 nitrogen and oxygen atoms in total. The molecule has 0 bridgehead atoms. The largest absolute Gasteiger partial charge is 0.355 e. The topological polar surface area (TPSA) is 94.8 Å². The summed E-state index contributed by atoms with van der Waals surface area (Å²) in [6.07, 6.45) is 3.35. The van der Waals surface area contributed by atoms with E-state index in [1.54, 1.807) is 17.2 Å². The van der Waals surface area contributed by atoms with Crippen LogP contribution < -0.4 is 16.0 Å². The number of nitrogens with zero attached hydrogens (tertiary/aromatic N) is 4. The fourth-order valence-corrected chi connectivity index (χ4v) is 3.66. The van der Waals surface area contributed by atoms with Crippen LogP contribution in [0.2, 0.25) is 0 Å². The minimum atomic E-state index is -0.159. The second-order valence-electron chi connectivity index (χ2n) is 7.36. The second-order valence-corrected chi connectivity index (χ2v) is 7.36. The van der Waals surface area contributed by atoms with E-state index >= 15 is 0 Å². The number of nitrogens with two attached hydrogens (primary N) is 1. The molecule has 1 aromatic heterocycles. The van der Waals surface area contributed by atoms with Gasteiger partial charge in [-0.15, -0.1) is 24.8 Å². The molecule has 0 radical (unpaired) electrons.